The largest absolute Gasteiger partial charge is 0.314 e. The van der Waals surface area contributed by atoms with Crippen molar-refractivity contribution in [2.75, 3.05) is 26.2 Å². The third kappa shape index (κ3) is 2.83. The Labute approximate surface area is 98.7 Å². The molecule has 1 aromatic rings. The first-order chi connectivity index (χ1) is 7.77. The molecule has 1 saturated heterocycles. The zero-order valence-corrected chi connectivity index (χ0v) is 10.3. The van der Waals surface area contributed by atoms with Gasteiger partial charge in [0.25, 0.3) is 0 Å². The van der Waals surface area contributed by atoms with Gasteiger partial charge in [-0.1, -0.05) is 37.3 Å². The molecule has 1 unspecified atom stereocenters. The molecule has 2 atom stereocenters. The fourth-order valence-corrected chi connectivity index (χ4v) is 2.39. The Kier molecular flexibility index (Phi) is 3.97. The molecule has 1 aromatic carbocycles. The van der Waals surface area contributed by atoms with Gasteiger partial charge in [-0.25, -0.2) is 0 Å². The van der Waals surface area contributed by atoms with Crippen LogP contribution in [-0.2, 0) is 0 Å². The first-order valence-electron chi connectivity index (χ1n) is 6.27. The molecule has 88 valence electrons. The van der Waals surface area contributed by atoms with Gasteiger partial charge in [0, 0.05) is 32.2 Å². The molecule has 0 bridgehead atoms. The molecule has 0 saturated carbocycles. The van der Waals surface area contributed by atoms with Gasteiger partial charge in [-0.3, -0.25) is 4.90 Å². The summed E-state index contributed by atoms with van der Waals surface area (Å²) in [5.41, 5.74) is 1.45. The van der Waals surface area contributed by atoms with Crippen LogP contribution in [0.15, 0.2) is 30.3 Å². The van der Waals surface area contributed by atoms with Gasteiger partial charge in [0.05, 0.1) is 0 Å². The predicted octanol–water partition coefficient (Wildman–Crippen LogP) is 2.08. The second-order valence-electron chi connectivity index (χ2n) is 4.86. The van der Waals surface area contributed by atoms with Gasteiger partial charge < -0.3 is 5.32 Å². The minimum atomic E-state index is 0.627. The lowest BCUT2D eigenvalue weighted by molar-refractivity contribution is 0.166. The molecule has 2 rings (SSSR count). The molecule has 0 amide bonds. The van der Waals surface area contributed by atoms with E-state index in [2.05, 4.69) is 54.4 Å². The first-order valence-corrected chi connectivity index (χ1v) is 6.27. The van der Waals surface area contributed by atoms with Crippen molar-refractivity contribution in [1.82, 2.24) is 10.2 Å². The third-order valence-electron chi connectivity index (χ3n) is 3.52. The maximum atomic E-state index is 3.44. The lowest BCUT2D eigenvalue weighted by Gasteiger charge is -2.35. The molecule has 2 heteroatoms. The van der Waals surface area contributed by atoms with Crippen molar-refractivity contribution in [3.8, 4) is 0 Å². The Bertz CT molecular complexity index is 310. The second kappa shape index (κ2) is 5.46. The lowest BCUT2D eigenvalue weighted by Crippen LogP contribution is -2.50. The van der Waals surface area contributed by atoms with E-state index in [9.17, 15) is 0 Å². The highest BCUT2D eigenvalue weighted by atomic mass is 15.2. The summed E-state index contributed by atoms with van der Waals surface area (Å²) in [5, 5.41) is 3.44. The molecule has 1 fully saturated rings. The molecule has 1 heterocycles. The summed E-state index contributed by atoms with van der Waals surface area (Å²) < 4.78 is 0. The SMILES string of the molecule is CC(CN1CCNC[C@H]1C)c1ccccc1. The molecular formula is C14H22N2. The topological polar surface area (TPSA) is 15.3 Å². The van der Waals surface area contributed by atoms with E-state index >= 15 is 0 Å². The van der Waals surface area contributed by atoms with Crippen molar-refractivity contribution >= 4 is 0 Å². The Morgan fingerprint density at radius 1 is 1.38 bits per heavy atom. The Morgan fingerprint density at radius 3 is 2.81 bits per heavy atom. The van der Waals surface area contributed by atoms with Crippen molar-refractivity contribution in [1.29, 1.82) is 0 Å². The van der Waals surface area contributed by atoms with Crippen LogP contribution in [0.5, 0.6) is 0 Å². The smallest absolute Gasteiger partial charge is 0.0193 e. The Balaban J connectivity index is 1.94. The highest BCUT2D eigenvalue weighted by Gasteiger charge is 2.19. The molecule has 16 heavy (non-hydrogen) atoms. The molecular weight excluding hydrogens is 196 g/mol. The number of nitrogens with one attached hydrogen (secondary N) is 1. The minimum absolute atomic E-state index is 0.627. The summed E-state index contributed by atoms with van der Waals surface area (Å²) in [6.45, 7) is 9.24. The third-order valence-corrected chi connectivity index (χ3v) is 3.52. The molecule has 1 aliphatic rings. The number of benzene rings is 1. The average Bonchev–Trinajstić information content (AvgIpc) is 2.33. The van der Waals surface area contributed by atoms with Crippen LogP contribution in [0.1, 0.15) is 25.3 Å². The first kappa shape index (κ1) is 11.6. The van der Waals surface area contributed by atoms with Gasteiger partial charge in [0.1, 0.15) is 0 Å². The van der Waals surface area contributed by atoms with Gasteiger partial charge in [-0.05, 0) is 18.4 Å². The van der Waals surface area contributed by atoms with Crippen LogP contribution in [0, 0.1) is 0 Å². The molecule has 0 aliphatic carbocycles. The van der Waals surface area contributed by atoms with E-state index < -0.39 is 0 Å². The summed E-state index contributed by atoms with van der Waals surface area (Å²) in [6, 6.07) is 11.5. The average molecular weight is 218 g/mol. The van der Waals surface area contributed by atoms with Gasteiger partial charge in [0.2, 0.25) is 0 Å². The van der Waals surface area contributed by atoms with Crippen molar-refractivity contribution in [2.45, 2.75) is 25.8 Å². The van der Waals surface area contributed by atoms with E-state index in [0.29, 0.717) is 12.0 Å². The van der Waals surface area contributed by atoms with E-state index in [4.69, 9.17) is 0 Å². The minimum Gasteiger partial charge on any atom is -0.314 e. The van der Waals surface area contributed by atoms with Crippen LogP contribution >= 0.6 is 0 Å². The molecule has 0 aromatic heterocycles. The molecule has 2 nitrogen and oxygen atoms in total. The van der Waals surface area contributed by atoms with Gasteiger partial charge in [-0.15, -0.1) is 0 Å². The fraction of sp³-hybridized carbons (Fsp3) is 0.571. The van der Waals surface area contributed by atoms with E-state index in [-0.39, 0.29) is 0 Å². The Morgan fingerprint density at radius 2 is 2.12 bits per heavy atom. The monoisotopic (exact) mass is 218 g/mol. The summed E-state index contributed by atoms with van der Waals surface area (Å²) in [5.74, 6) is 0.627. The van der Waals surface area contributed by atoms with Crippen LogP contribution in [0.25, 0.3) is 0 Å². The summed E-state index contributed by atoms with van der Waals surface area (Å²) in [7, 11) is 0. The Hall–Kier alpha value is -0.860. The van der Waals surface area contributed by atoms with E-state index in [0.717, 1.165) is 13.1 Å². The van der Waals surface area contributed by atoms with Crippen LogP contribution in [0.2, 0.25) is 0 Å². The number of piperazine rings is 1. The lowest BCUT2D eigenvalue weighted by atomic mass is 10.00. The predicted molar refractivity (Wildman–Crippen MR) is 68.8 cm³/mol. The van der Waals surface area contributed by atoms with Crippen LogP contribution in [0.4, 0.5) is 0 Å². The van der Waals surface area contributed by atoms with E-state index in [1.165, 1.54) is 18.7 Å². The van der Waals surface area contributed by atoms with Gasteiger partial charge in [-0.2, -0.15) is 0 Å². The highest BCUT2D eigenvalue weighted by Crippen LogP contribution is 2.17. The van der Waals surface area contributed by atoms with Gasteiger partial charge >= 0.3 is 0 Å². The molecule has 0 spiro atoms. The number of hydrogen-bond acceptors (Lipinski definition) is 2. The van der Waals surface area contributed by atoms with Crippen molar-refractivity contribution in [2.24, 2.45) is 0 Å². The van der Waals surface area contributed by atoms with E-state index in [1.807, 2.05) is 0 Å². The molecule has 1 aliphatic heterocycles. The maximum absolute atomic E-state index is 3.44. The van der Waals surface area contributed by atoms with Crippen LogP contribution in [-0.4, -0.2) is 37.1 Å². The molecule has 0 radical (unpaired) electrons. The number of nitrogens with zero attached hydrogens (tertiary/aromatic N) is 1. The van der Waals surface area contributed by atoms with Crippen LogP contribution < -0.4 is 5.32 Å². The van der Waals surface area contributed by atoms with E-state index in [1.54, 1.807) is 0 Å². The fourth-order valence-electron chi connectivity index (χ4n) is 2.39. The maximum Gasteiger partial charge on any atom is 0.0193 e. The summed E-state index contributed by atoms with van der Waals surface area (Å²) in [4.78, 5) is 2.59. The zero-order valence-electron chi connectivity index (χ0n) is 10.3. The standard InChI is InChI=1S/C14H22N2/c1-12(14-6-4-3-5-7-14)11-16-9-8-15-10-13(16)2/h3-7,12-13,15H,8-11H2,1-2H3/t12?,13-/m1/s1. The number of hydrogen-bond donors (Lipinski definition) is 1. The zero-order chi connectivity index (χ0) is 11.4. The second-order valence-corrected chi connectivity index (χ2v) is 4.86. The normalized spacial score (nSPS) is 24.2. The summed E-state index contributed by atoms with van der Waals surface area (Å²) in [6.07, 6.45) is 0. The quantitative estimate of drug-likeness (QED) is 0.835. The highest BCUT2D eigenvalue weighted by molar-refractivity contribution is 5.19. The summed E-state index contributed by atoms with van der Waals surface area (Å²) >= 11 is 0. The van der Waals surface area contributed by atoms with Crippen molar-refractivity contribution in [3.05, 3.63) is 35.9 Å². The van der Waals surface area contributed by atoms with Crippen molar-refractivity contribution < 1.29 is 0 Å². The van der Waals surface area contributed by atoms with Gasteiger partial charge in [0.15, 0.2) is 0 Å². The molecule has 1 N–H and O–H groups in total. The van der Waals surface area contributed by atoms with Crippen LogP contribution in [0.3, 0.4) is 0 Å². The number of rotatable bonds is 3. The van der Waals surface area contributed by atoms with Crippen molar-refractivity contribution in [3.63, 3.8) is 0 Å².